The Morgan fingerprint density at radius 1 is 0.394 bits per heavy atom. The van der Waals surface area contributed by atoms with Crippen LogP contribution >= 0.6 is 11.8 Å². The van der Waals surface area contributed by atoms with Crippen LogP contribution in [0.15, 0.2) is 149 Å². The predicted molar refractivity (Wildman–Crippen MR) is 144 cm³/mol. The number of rotatable bonds is 3. The van der Waals surface area contributed by atoms with E-state index in [0.717, 1.165) is 0 Å². The van der Waals surface area contributed by atoms with Gasteiger partial charge in [-0.1, -0.05) is 36.0 Å². The van der Waals surface area contributed by atoms with Crippen LogP contribution in [0.5, 0.6) is 0 Å². The number of para-hydroxylation sites is 2. The molecule has 0 saturated carbocycles. The van der Waals surface area contributed by atoms with Gasteiger partial charge >= 0.3 is 122 Å². The number of nitrogens with one attached hydrogen (secondary N) is 1. The van der Waals surface area contributed by atoms with E-state index in [4.69, 9.17) is 0 Å². The molecule has 0 unspecified atom stereocenters. The van der Waals surface area contributed by atoms with E-state index in [1.165, 1.54) is 31.7 Å². The number of benzene rings is 5. The van der Waals surface area contributed by atoms with Gasteiger partial charge in [0.1, 0.15) is 0 Å². The standard InChI is InChI=1S/C12H9NS.3C6H5.Sb/c1-3-7-11-9(5-1)13-10-6-2-4-8-12(10)14-11;3*1-2-4-6-5-3-1;/h1-8,13H;3*1-5H;. The summed E-state index contributed by atoms with van der Waals surface area (Å²) in [6.45, 7) is 0. The van der Waals surface area contributed by atoms with Gasteiger partial charge < -0.3 is 5.32 Å². The summed E-state index contributed by atoms with van der Waals surface area (Å²) in [5, 5.41) is 3.42. The van der Waals surface area contributed by atoms with Crippen molar-refractivity contribution in [1.82, 2.24) is 0 Å². The van der Waals surface area contributed by atoms with Crippen LogP contribution in [0.4, 0.5) is 11.4 Å². The molecule has 0 aromatic heterocycles. The molecule has 0 radical (unpaired) electrons. The second kappa shape index (κ2) is 10.8. The molecule has 0 atom stereocenters. The fraction of sp³-hybridized carbons (Fsp3) is 0. The van der Waals surface area contributed by atoms with Crippen LogP contribution in [0, 0.1) is 0 Å². The third-order valence-electron chi connectivity index (χ3n) is 5.31. The Kier molecular flexibility index (Phi) is 7.16. The van der Waals surface area contributed by atoms with Gasteiger partial charge in [-0.25, -0.2) is 0 Å². The molecule has 6 rings (SSSR count). The maximum Gasteiger partial charge on any atom is 0.0526 e. The molecule has 160 valence electrons. The average molecular weight is 552 g/mol. The van der Waals surface area contributed by atoms with E-state index in [1.807, 2.05) is 11.8 Å². The van der Waals surface area contributed by atoms with Crippen LogP contribution in [-0.2, 0) is 0 Å². The summed E-state index contributed by atoms with van der Waals surface area (Å²) in [4.78, 5) is 2.59. The van der Waals surface area contributed by atoms with Crippen LogP contribution in [0.1, 0.15) is 0 Å². The minimum atomic E-state index is -1.83. The molecule has 1 nitrogen and oxygen atoms in total. The summed E-state index contributed by atoms with van der Waals surface area (Å²) in [5.41, 5.74) is 2.41. The quantitative estimate of drug-likeness (QED) is 0.267. The van der Waals surface area contributed by atoms with E-state index < -0.39 is 20.2 Å². The molecule has 0 saturated heterocycles. The average Bonchev–Trinajstić information content (AvgIpc) is 2.90. The van der Waals surface area contributed by atoms with Crippen molar-refractivity contribution in [2.24, 2.45) is 0 Å². The first-order valence-electron chi connectivity index (χ1n) is 11.0. The van der Waals surface area contributed by atoms with Crippen molar-refractivity contribution in [3.63, 3.8) is 0 Å². The topological polar surface area (TPSA) is 12.0 Å². The van der Waals surface area contributed by atoms with Gasteiger partial charge in [-0.05, 0) is 24.3 Å². The van der Waals surface area contributed by atoms with Crippen molar-refractivity contribution in [3.8, 4) is 0 Å². The van der Waals surface area contributed by atoms with E-state index in [0.29, 0.717) is 0 Å². The van der Waals surface area contributed by atoms with Crippen LogP contribution < -0.4 is 15.8 Å². The normalized spacial score (nSPS) is 11.4. The van der Waals surface area contributed by atoms with Crippen LogP contribution in [0.3, 0.4) is 0 Å². The molecule has 1 N–H and O–H groups in total. The Morgan fingerprint density at radius 3 is 1.12 bits per heavy atom. The molecule has 1 aliphatic rings. The predicted octanol–water partition coefficient (Wildman–Crippen LogP) is 6.10. The van der Waals surface area contributed by atoms with Crippen LogP contribution in [0.25, 0.3) is 0 Å². The molecule has 0 amide bonds. The summed E-state index contributed by atoms with van der Waals surface area (Å²) < 4.78 is 4.55. The number of hydrogen-bond donors (Lipinski definition) is 1. The van der Waals surface area contributed by atoms with Gasteiger partial charge in [-0.15, -0.1) is 0 Å². The summed E-state index contributed by atoms with van der Waals surface area (Å²) in [6, 6.07) is 49.6. The van der Waals surface area contributed by atoms with E-state index >= 15 is 0 Å². The SMILES string of the molecule is c1cc[c]([Sb]([c]2ccccc2)[c]2ccccc2)cc1.c1ccc2c(c1)Nc1ccccc1S2. The summed E-state index contributed by atoms with van der Waals surface area (Å²) in [7, 11) is 0. The maximum absolute atomic E-state index is 3.42. The van der Waals surface area contributed by atoms with Crippen molar-refractivity contribution < 1.29 is 0 Å². The Labute approximate surface area is 207 Å². The summed E-state index contributed by atoms with van der Waals surface area (Å²) >= 11 is -0.00633. The molecule has 1 aliphatic heterocycles. The molecule has 33 heavy (non-hydrogen) atoms. The third-order valence-corrected chi connectivity index (χ3v) is 13.4. The van der Waals surface area contributed by atoms with Crippen molar-refractivity contribution >= 4 is 53.9 Å². The zero-order valence-corrected chi connectivity index (χ0v) is 21.5. The first kappa shape index (κ1) is 21.9. The first-order valence-corrected chi connectivity index (χ1v) is 15.6. The number of hydrogen-bond acceptors (Lipinski definition) is 2. The second-order valence-electron chi connectivity index (χ2n) is 7.56. The molecule has 5 aromatic carbocycles. The van der Waals surface area contributed by atoms with E-state index in [2.05, 4.69) is 145 Å². The van der Waals surface area contributed by atoms with Crippen molar-refractivity contribution in [2.75, 3.05) is 5.32 Å². The smallest absolute Gasteiger partial charge is 0.0526 e. The maximum atomic E-state index is 3.42. The van der Waals surface area contributed by atoms with Gasteiger partial charge in [-0.2, -0.15) is 0 Å². The van der Waals surface area contributed by atoms with Crippen molar-refractivity contribution in [3.05, 3.63) is 140 Å². The molecule has 0 aliphatic carbocycles. The van der Waals surface area contributed by atoms with Crippen LogP contribution in [-0.4, -0.2) is 20.2 Å². The fourth-order valence-corrected chi connectivity index (χ4v) is 11.3. The summed E-state index contributed by atoms with van der Waals surface area (Å²) in [6.07, 6.45) is 0. The van der Waals surface area contributed by atoms with Gasteiger partial charge in [0.25, 0.3) is 0 Å². The van der Waals surface area contributed by atoms with Gasteiger partial charge in [0.2, 0.25) is 0 Å². The second-order valence-corrected chi connectivity index (χ2v) is 15.0. The monoisotopic (exact) mass is 551 g/mol. The Balaban J connectivity index is 0.000000144. The third kappa shape index (κ3) is 5.35. The van der Waals surface area contributed by atoms with Gasteiger partial charge in [0.05, 0.1) is 11.4 Å². The van der Waals surface area contributed by atoms with Crippen molar-refractivity contribution in [1.29, 1.82) is 0 Å². The minimum absolute atomic E-state index is 1.20. The number of fused-ring (bicyclic) bond motifs is 2. The van der Waals surface area contributed by atoms with E-state index in [1.54, 1.807) is 0 Å². The molecule has 0 bridgehead atoms. The first-order chi connectivity index (χ1) is 16.4. The summed E-state index contributed by atoms with van der Waals surface area (Å²) in [5.74, 6) is 0. The molecule has 5 aromatic rings. The molecule has 3 heteroatoms. The molecule has 0 fully saturated rings. The Bertz CT molecular complexity index is 1130. The van der Waals surface area contributed by atoms with Gasteiger partial charge in [0.15, 0.2) is 0 Å². The van der Waals surface area contributed by atoms with Crippen LogP contribution in [0.2, 0.25) is 0 Å². The fourth-order valence-electron chi connectivity index (χ4n) is 3.76. The molecule has 1 heterocycles. The van der Waals surface area contributed by atoms with E-state index in [-0.39, 0.29) is 0 Å². The minimum Gasteiger partial charge on any atom is -0.354 e. The van der Waals surface area contributed by atoms with Gasteiger partial charge in [0, 0.05) is 9.79 Å². The van der Waals surface area contributed by atoms with Crippen molar-refractivity contribution in [2.45, 2.75) is 9.79 Å². The largest absolute Gasteiger partial charge is 0.354 e. The molecular weight excluding hydrogens is 528 g/mol. The Hall–Kier alpha value is -2.93. The number of anilines is 2. The zero-order valence-electron chi connectivity index (χ0n) is 18.1. The Morgan fingerprint density at radius 2 is 0.727 bits per heavy atom. The molecular formula is C30H24NSSb. The molecule has 0 spiro atoms. The van der Waals surface area contributed by atoms with E-state index in [9.17, 15) is 0 Å². The van der Waals surface area contributed by atoms with Gasteiger partial charge in [-0.3, -0.25) is 0 Å². The zero-order chi connectivity index (χ0) is 22.3.